The van der Waals surface area contributed by atoms with Gasteiger partial charge in [0.25, 0.3) is 0 Å². The van der Waals surface area contributed by atoms with Gasteiger partial charge in [-0.05, 0) is 84.9 Å². The molecule has 3 heterocycles. The molecular weight excluding hydrogens is 500 g/mol. The van der Waals surface area contributed by atoms with Gasteiger partial charge in [0, 0.05) is 22.7 Å². The molecule has 0 aliphatic rings. The normalized spacial score (nSPS) is 12.9. The van der Waals surface area contributed by atoms with Gasteiger partial charge in [-0.25, -0.2) is 14.1 Å². The molecule has 3 aromatic heterocycles. The third kappa shape index (κ3) is 7.36. The number of alkyl carbamates (subject to hydrolysis) is 1. The van der Waals surface area contributed by atoms with Crippen molar-refractivity contribution >= 4 is 46.3 Å². The van der Waals surface area contributed by atoms with Gasteiger partial charge < -0.3 is 14.8 Å². The van der Waals surface area contributed by atoms with Gasteiger partial charge in [-0.1, -0.05) is 17.7 Å². The summed E-state index contributed by atoms with van der Waals surface area (Å²) >= 11 is 7.98. The van der Waals surface area contributed by atoms with Crippen molar-refractivity contribution in [2.45, 2.75) is 85.6 Å². The van der Waals surface area contributed by atoms with Crippen LogP contribution in [0.3, 0.4) is 0 Å². The van der Waals surface area contributed by atoms with Gasteiger partial charge in [0.2, 0.25) is 0 Å². The Bertz CT molecular complexity index is 1230. The summed E-state index contributed by atoms with van der Waals surface area (Å²) in [7, 11) is 0. The van der Waals surface area contributed by atoms with Crippen LogP contribution in [0.15, 0.2) is 29.6 Å². The summed E-state index contributed by atoms with van der Waals surface area (Å²) in [5.74, 6) is 0. The van der Waals surface area contributed by atoms with Crippen LogP contribution in [0.25, 0.3) is 5.52 Å². The van der Waals surface area contributed by atoms with E-state index in [9.17, 15) is 9.59 Å². The minimum Gasteiger partial charge on any atom is -0.444 e. The molecule has 3 rings (SSSR count). The molecule has 196 valence electrons. The van der Waals surface area contributed by atoms with E-state index >= 15 is 0 Å². The van der Waals surface area contributed by atoms with Crippen LogP contribution in [-0.4, -0.2) is 39.0 Å². The van der Waals surface area contributed by atoms with Crippen molar-refractivity contribution in [1.82, 2.24) is 14.9 Å². The second kappa shape index (κ2) is 10.7. The molecule has 1 atom stereocenters. The number of carbonyl (C=O) groups excluding carboxylic acids is 2. The lowest BCUT2D eigenvalue weighted by Crippen LogP contribution is -2.38. The molecule has 1 N–H and O–H groups in total. The van der Waals surface area contributed by atoms with Gasteiger partial charge in [-0.15, -0.1) is 11.3 Å². The van der Waals surface area contributed by atoms with Crippen molar-refractivity contribution in [3.8, 4) is 0 Å². The van der Waals surface area contributed by atoms with Crippen LogP contribution in [0.2, 0.25) is 5.15 Å². The monoisotopic (exact) mass is 534 g/mol. The molecule has 0 spiro atoms. The first-order chi connectivity index (χ1) is 16.6. The highest BCUT2D eigenvalue weighted by Crippen LogP contribution is 2.31. The molecule has 0 bridgehead atoms. The first-order valence-corrected chi connectivity index (χ1v) is 13.1. The van der Waals surface area contributed by atoms with Crippen LogP contribution in [0.4, 0.5) is 15.3 Å². The zero-order valence-electron chi connectivity index (χ0n) is 22.1. The standard InChI is InChI=1S/C26H35ClN4O4S/c1-16(28-23(32)34-25(3,4)5)12-18-13-21-20(14-22(27)29-31(21)17(18)2)30(15-19-10-9-11-36-19)24(33)35-26(6,7)8/h9-11,13-14,16H,12,15H2,1-8H3,(H,28,32). The summed E-state index contributed by atoms with van der Waals surface area (Å²) < 4.78 is 12.8. The summed E-state index contributed by atoms with van der Waals surface area (Å²) in [6.45, 7) is 15.2. The fourth-order valence-electron chi connectivity index (χ4n) is 3.71. The van der Waals surface area contributed by atoms with E-state index in [1.54, 1.807) is 26.8 Å². The lowest BCUT2D eigenvalue weighted by Gasteiger charge is -2.27. The van der Waals surface area contributed by atoms with E-state index in [1.807, 2.05) is 79.0 Å². The zero-order chi connectivity index (χ0) is 26.8. The number of aromatic nitrogens is 2. The van der Waals surface area contributed by atoms with Crippen LogP contribution in [-0.2, 0) is 22.4 Å². The predicted octanol–water partition coefficient (Wildman–Crippen LogP) is 6.76. The SMILES string of the molecule is Cc1c(CC(C)NC(=O)OC(C)(C)C)cc2c(N(Cc3cccs3)C(=O)OC(C)(C)C)cc(Cl)nn12. The average Bonchev–Trinajstić information content (AvgIpc) is 3.32. The average molecular weight is 535 g/mol. The van der Waals surface area contributed by atoms with Crippen molar-refractivity contribution in [2.24, 2.45) is 0 Å². The summed E-state index contributed by atoms with van der Waals surface area (Å²) in [5.41, 5.74) is 1.91. The number of nitrogens with one attached hydrogen (secondary N) is 1. The molecular formula is C26H35ClN4O4S. The van der Waals surface area contributed by atoms with E-state index in [-0.39, 0.29) is 11.2 Å². The molecule has 0 fully saturated rings. The minimum atomic E-state index is -0.663. The summed E-state index contributed by atoms with van der Waals surface area (Å²) in [4.78, 5) is 28.1. The number of halogens is 1. The first kappa shape index (κ1) is 27.8. The number of aryl methyl sites for hydroxylation is 1. The van der Waals surface area contributed by atoms with Crippen molar-refractivity contribution in [1.29, 1.82) is 0 Å². The molecule has 36 heavy (non-hydrogen) atoms. The Kier molecular flexibility index (Phi) is 8.25. The summed E-state index contributed by atoms with van der Waals surface area (Å²) in [6.07, 6.45) is -0.395. The molecule has 0 aliphatic carbocycles. The molecule has 8 nitrogen and oxygen atoms in total. The highest BCUT2D eigenvalue weighted by Gasteiger charge is 2.27. The van der Waals surface area contributed by atoms with Gasteiger partial charge in [0.05, 0.1) is 17.7 Å². The molecule has 0 aromatic carbocycles. The molecule has 2 amide bonds. The van der Waals surface area contributed by atoms with Crippen LogP contribution in [0.5, 0.6) is 0 Å². The highest BCUT2D eigenvalue weighted by atomic mass is 35.5. The quantitative estimate of drug-likeness (QED) is 0.378. The third-order valence-corrected chi connectivity index (χ3v) is 6.17. The van der Waals surface area contributed by atoms with Gasteiger partial charge in [-0.3, -0.25) is 4.90 Å². The molecule has 1 unspecified atom stereocenters. The summed E-state index contributed by atoms with van der Waals surface area (Å²) in [6, 6.07) is 7.39. The molecule has 0 saturated heterocycles. The second-order valence-corrected chi connectivity index (χ2v) is 12.2. The Morgan fingerprint density at radius 1 is 1.17 bits per heavy atom. The Balaban J connectivity index is 1.98. The molecule has 0 aliphatic heterocycles. The first-order valence-electron chi connectivity index (χ1n) is 11.8. The number of rotatable bonds is 6. The smallest absolute Gasteiger partial charge is 0.415 e. The molecule has 10 heteroatoms. The number of fused-ring (bicyclic) bond motifs is 1. The largest absolute Gasteiger partial charge is 0.444 e. The van der Waals surface area contributed by atoms with Crippen molar-refractivity contribution < 1.29 is 19.1 Å². The maximum Gasteiger partial charge on any atom is 0.415 e. The van der Waals surface area contributed by atoms with E-state index in [1.165, 1.54) is 0 Å². The van der Waals surface area contributed by atoms with E-state index in [2.05, 4.69) is 10.4 Å². The lowest BCUT2D eigenvalue weighted by atomic mass is 10.1. The number of hydrogen-bond donors (Lipinski definition) is 1. The van der Waals surface area contributed by atoms with Gasteiger partial charge in [0.15, 0.2) is 5.15 Å². The van der Waals surface area contributed by atoms with E-state index in [4.69, 9.17) is 21.1 Å². The third-order valence-electron chi connectivity index (χ3n) is 5.12. The fraction of sp³-hybridized carbons (Fsp3) is 0.500. The Morgan fingerprint density at radius 3 is 2.42 bits per heavy atom. The predicted molar refractivity (Wildman–Crippen MR) is 144 cm³/mol. The van der Waals surface area contributed by atoms with E-state index in [0.29, 0.717) is 18.7 Å². The fourth-order valence-corrected chi connectivity index (χ4v) is 4.58. The maximum absolute atomic E-state index is 13.3. The highest BCUT2D eigenvalue weighted by molar-refractivity contribution is 7.09. The molecule has 3 aromatic rings. The van der Waals surface area contributed by atoms with Gasteiger partial charge in [-0.2, -0.15) is 5.10 Å². The number of nitrogens with zero attached hydrogens (tertiary/aromatic N) is 3. The maximum atomic E-state index is 13.3. The number of carbonyl (C=O) groups is 2. The molecule has 0 saturated carbocycles. The number of ether oxygens (including phenoxy) is 2. The van der Waals surface area contributed by atoms with Gasteiger partial charge >= 0.3 is 12.2 Å². The lowest BCUT2D eigenvalue weighted by molar-refractivity contribution is 0.0506. The van der Waals surface area contributed by atoms with Gasteiger partial charge in [0.1, 0.15) is 11.2 Å². The van der Waals surface area contributed by atoms with Crippen LogP contribution in [0.1, 0.15) is 64.6 Å². The number of hydrogen-bond acceptors (Lipinski definition) is 6. The topological polar surface area (TPSA) is 85.2 Å². The minimum absolute atomic E-state index is 0.192. The van der Waals surface area contributed by atoms with E-state index in [0.717, 1.165) is 21.7 Å². The van der Waals surface area contributed by atoms with E-state index < -0.39 is 23.4 Å². The number of anilines is 1. The molecule has 0 radical (unpaired) electrons. The van der Waals surface area contributed by atoms with Crippen LogP contribution in [0, 0.1) is 6.92 Å². The Morgan fingerprint density at radius 2 is 1.83 bits per heavy atom. The Hall–Kier alpha value is -2.78. The van der Waals surface area contributed by atoms with Crippen molar-refractivity contribution in [3.63, 3.8) is 0 Å². The summed E-state index contributed by atoms with van der Waals surface area (Å²) in [5, 5.41) is 9.58. The van der Waals surface area contributed by atoms with Crippen LogP contribution < -0.4 is 10.2 Å². The number of amides is 2. The second-order valence-electron chi connectivity index (χ2n) is 10.8. The van der Waals surface area contributed by atoms with Crippen LogP contribution >= 0.6 is 22.9 Å². The van der Waals surface area contributed by atoms with Crippen molar-refractivity contribution in [2.75, 3.05) is 4.90 Å². The zero-order valence-corrected chi connectivity index (χ0v) is 23.7. The number of thiophene rings is 1. The van der Waals surface area contributed by atoms with Crippen molar-refractivity contribution in [3.05, 3.63) is 50.9 Å². The Labute approximate surface area is 221 Å².